The minimum atomic E-state index is -1.29. The van der Waals surface area contributed by atoms with Gasteiger partial charge in [0.05, 0.1) is 11.1 Å². The molecule has 0 heterocycles. The number of carbonyl (C=O) groups is 2. The molecule has 156 valence electrons. The number of ether oxygens (including phenoxy) is 1. The van der Waals surface area contributed by atoms with Gasteiger partial charge in [0.2, 0.25) is 0 Å². The molecule has 0 aromatic heterocycles. The molecule has 3 aromatic carbocycles. The minimum Gasteiger partial charge on any atom is -0.488 e. The van der Waals surface area contributed by atoms with Gasteiger partial charge in [-0.2, -0.15) is 0 Å². The first-order valence-corrected chi connectivity index (χ1v) is 9.30. The smallest absolute Gasteiger partial charge is 0.335 e. The molecule has 4 rings (SSSR count). The van der Waals surface area contributed by atoms with Gasteiger partial charge in [0.1, 0.15) is 18.2 Å². The van der Waals surface area contributed by atoms with E-state index in [0.717, 1.165) is 11.6 Å². The van der Waals surface area contributed by atoms with Crippen LogP contribution in [0.2, 0.25) is 0 Å². The maximum Gasteiger partial charge on any atom is 0.335 e. The highest BCUT2D eigenvalue weighted by Gasteiger charge is 2.28. The van der Waals surface area contributed by atoms with Crippen LogP contribution in [0.15, 0.2) is 60.2 Å². The van der Waals surface area contributed by atoms with Crippen molar-refractivity contribution in [1.29, 1.82) is 0 Å². The molecular weight excluding hydrogens is 409 g/mol. The summed E-state index contributed by atoms with van der Waals surface area (Å²) in [5.74, 6) is -4.50. The van der Waals surface area contributed by atoms with E-state index in [2.05, 4.69) is 0 Å². The molecule has 0 radical (unpaired) electrons. The molecule has 0 saturated heterocycles. The highest BCUT2D eigenvalue weighted by atomic mass is 19.2. The zero-order valence-corrected chi connectivity index (χ0v) is 16.0. The summed E-state index contributed by atoms with van der Waals surface area (Å²) in [5.41, 5.74) is 2.20. The Morgan fingerprint density at radius 3 is 2.42 bits per heavy atom. The van der Waals surface area contributed by atoms with Crippen LogP contribution in [0.4, 0.5) is 13.2 Å². The predicted molar refractivity (Wildman–Crippen MR) is 107 cm³/mol. The lowest BCUT2D eigenvalue weighted by Crippen LogP contribution is -2.05. The fourth-order valence-electron chi connectivity index (χ4n) is 3.42. The molecule has 4 nitrogen and oxygen atoms in total. The van der Waals surface area contributed by atoms with Gasteiger partial charge in [-0.1, -0.05) is 24.3 Å². The summed E-state index contributed by atoms with van der Waals surface area (Å²) < 4.78 is 46.0. The molecule has 0 spiro atoms. The molecule has 0 amide bonds. The summed E-state index contributed by atoms with van der Waals surface area (Å²) in [6.45, 7) is -0.373. The van der Waals surface area contributed by atoms with Crippen molar-refractivity contribution in [3.63, 3.8) is 0 Å². The third-order valence-electron chi connectivity index (χ3n) is 4.98. The second-order valence-electron chi connectivity index (χ2n) is 7.04. The summed E-state index contributed by atoms with van der Waals surface area (Å²) in [4.78, 5) is 23.9. The average molecular weight is 424 g/mol. The van der Waals surface area contributed by atoms with Crippen molar-refractivity contribution in [1.82, 2.24) is 0 Å². The Balaban J connectivity index is 1.57. The minimum absolute atomic E-state index is 0.142. The van der Waals surface area contributed by atoms with Gasteiger partial charge in [0.25, 0.3) is 0 Å². The fourth-order valence-corrected chi connectivity index (χ4v) is 3.42. The average Bonchev–Trinajstić information content (AvgIpc) is 3.06. The SMILES string of the molecule is O=C(O)c1ccc(/C=C2\Cc3cccc(OCc4cc(F)c(F)cc4F)c3C2=O)cc1. The predicted octanol–water partition coefficient (Wildman–Crippen LogP) is 5.20. The molecule has 0 unspecified atom stereocenters. The van der Waals surface area contributed by atoms with Gasteiger partial charge in [0.15, 0.2) is 17.4 Å². The zero-order valence-electron chi connectivity index (χ0n) is 16.0. The monoisotopic (exact) mass is 424 g/mol. The number of rotatable bonds is 5. The van der Waals surface area contributed by atoms with Crippen molar-refractivity contribution < 1.29 is 32.6 Å². The molecule has 1 N–H and O–H groups in total. The molecule has 0 atom stereocenters. The summed E-state index contributed by atoms with van der Waals surface area (Å²) >= 11 is 0. The topological polar surface area (TPSA) is 63.6 Å². The summed E-state index contributed by atoms with van der Waals surface area (Å²) in [6, 6.07) is 12.3. The van der Waals surface area contributed by atoms with Gasteiger partial charge in [-0.15, -0.1) is 0 Å². The molecule has 1 aliphatic rings. The van der Waals surface area contributed by atoms with Gasteiger partial charge < -0.3 is 9.84 Å². The van der Waals surface area contributed by atoms with Crippen LogP contribution in [0.3, 0.4) is 0 Å². The lowest BCUT2D eigenvalue weighted by molar-refractivity contribution is 0.0696. The first-order chi connectivity index (χ1) is 14.8. The molecule has 7 heteroatoms. The van der Waals surface area contributed by atoms with Crippen LogP contribution < -0.4 is 4.74 Å². The summed E-state index contributed by atoms with van der Waals surface area (Å²) in [6.07, 6.45) is 2.03. The number of carbonyl (C=O) groups excluding carboxylic acids is 1. The molecule has 0 aliphatic heterocycles. The number of carboxylic acids is 1. The van der Waals surface area contributed by atoms with E-state index in [1.54, 1.807) is 36.4 Å². The molecule has 31 heavy (non-hydrogen) atoms. The van der Waals surface area contributed by atoms with Crippen molar-refractivity contribution in [2.45, 2.75) is 13.0 Å². The van der Waals surface area contributed by atoms with E-state index in [9.17, 15) is 22.8 Å². The molecular formula is C24H15F3O4. The lowest BCUT2D eigenvalue weighted by Gasteiger charge is -2.11. The Bertz CT molecular complexity index is 1230. The first-order valence-electron chi connectivity index (χ1n) is 9.30. The second-order valence-corrected chi connectivity index (χ2v) is 7.04. The number of carboxylic acid groups (broad SMARTS) is 1. The number of hydrogen-bond acceptors (Lipinski definition) is 3. The summed E-state index contributed by atoms with van der Waals surface area (Å²) in [7, 11) is 0. The van der Waals surface area contributed by atoms with Crippen molar-refractivity contribution in [3.8, 4) is 5.75 Å². The zero-order chi connectivity index (χ0) is 22.1. The summed E-state index contributed by atoms with van der Waals surface area (Å²) in [5, 5.41) is 8.98. The van der Waals surface area contributed by atoms with Crippen molar-refractivity contribution in [3.05, 3.63) is 105 Å². The van der Waals surface area contributed by atoms with Crippen LogP contribution in [-0.2, 0) is 13.0 Å². The Morgan fingerprint density at radius 2 is 1.71 bits per heavy atom. The van der Waals surface area contributed by atoms with Gasteiger partial charge >= 0.3 is 5.97 Å². The first kappa shape index (κ1) is 20.4. The van der Waals surface area contributed by atoms with Crippen LogP contribution in [0.25, 0.3) is 6.08 Å². The highest BCUT2D eigenvalue weighted by molar-refractivity contribution is 6.17. The van der Waals surface area contributed by atoms with Crippen LogP contribution in [0, 0.1) is 17.5 Å². The maximum absolute atomic E-state index is 13.9. The Morgan fingerprint density at radius 1 is 1.00 bits per heavy atom. The van der Waals surface area contributed by atoms with Crippen LogP contribution in [0.1, 0.15) is 37.4 Å². The fraction of sp³-hybridized carbons (Fsp3) is 0.0833. The number of benzene rings is 3. The van der Waals surface area contributed by atoms with E-state index >= 15 is 0 Å². The number of Topliss-reactive ketones (excluding diaryl/α,β-unsaturated/α-hetero) is 1. The molecule has 0 fully saturated rings. The van der Waals surface area contributed by atoms with E-state index in [1.165, 1.54) is 12.1 Å². The van der Waals surface area contributed by atoms with Gasteiger partial charge in [-0.25, -0.2) is 18.0 Å². The quantitative estimate of drug-likeness (QED) is 0.452. The number of allylic oxidation sites excluding steroid dienone is 1. The van der Waals surface area contributed by atoms with E-state index in [1.807, 2.05) is 0 Å². The number of halogens is 3. The van der Waals surface area contributed by atoms with Crippen molar-refractivity contribution in [2.24, 2.45) is 0 Å². The maximum atomic E-state index is 13.9. The van der Waals surface area contributed by atoms with Crippen LogP contribution in [0.5, 0.6) is 5.75 Å². The van der Waals surface area contributed by atoms with Gasteiger partial charge in [0, 0.05) is 23.6 Å². The Labute approximate surface area is 175 Å². The van der Waals surface area contributed by atoms with E-state index < -0.39 is 23.4 Å². The van der Waals surface area contributed by atoms with E-state index in [4.69, 9.17) is 9.84 Å². The molecule has 1 aliphatic carbocycles. The largest absolute Gasteiger partial charge is 0.488 e. The standard InChI is InChI=1S/C24H15F3O4/c25-18-11-20(27)19(26)10-17(18)12-31-21-3-1-2-15-9-16(23(28)22(15)21)8-13-4-6-14(7-5-13)24(29)30/h1-8,10-11H,9,12H2,(H,29,30)/b16-8+. The number of ketones is 1. The van der Waals surface area contributed by atoms with Gasteiger partial charge in [-0.3, -0.25) is 4.79 Å². The molecule has 0 bridgehead atoms. The van der Waals surface area contributed by atoms with Crippen molar-refractivity contribution in [2.75, 3.05) is 0 Å². The van der Waals surface area contributed by atoms with Crippen LogP contribution >= 0.6 is 0 Å². The van der Waals surface area contributed by atoms with Crippen LogP contribution in [-0.4, -0.2) is 16.9 Å². The van der Waals surface area contributed by atoms with Gasteiger partial charge in [-0.05, 0) is 41.5 Å². The molecule has 0 saturated carbocycles. The Kier molecular flexibility index (Phi) is 5.33. The van der Waals surface area contributed by atoms with Crippen molar-refractivity contribution >= 4 is 17.8 Å². The normalized spacial score (nSPS) is 14.0. The number of hydrogen-bond donors (Lipinski definition) is 1. The number of fused-ring (bicyclic) bond motifs is 1. The third-order valence-corrected chi connectivity index (χ3v) is 4.98. The molecule has 3 aromatic rings. The third kappa shape index (κ3) is 4.07. The lowest BCUT2D eigenvalue weighted by atomic mass is 10.1. The second kappa shape index (κ2) is 8.10. The number of aromatic carboxylic acids is 1. The Hall–Kier alpha value is -3.87. The van der Waals surface area contributed by atoms with E-state index in [-0.39, 0.29) is 29.3 Å². The van der Waals surface area contributed by atoms with E-state index in [0.29, 0.717) is 29.2 Å². The highest BCUT2D eigenvalue weighted by Crippen LogP contribution is 2.35.